The number of hydrogen-bond acceptors (Lipinski definition) is 3. The number of aryl methyl sites for hydroxylation is 1. The number of nitrogens with one attached hydrogen (secondary N) is 1. The Kier molecular flexibility index (Phi) is 3.53. The summed E-state index contributed by atoms with van der Waals surface area (Å²) < 4.78 is 1.78. The van der Waals surface area contributed by atoms with Crippen LogP contribution in [0.25, 0.3) is 0 Å². The first-order valence-electron chi connectivity index (χ1n) is 7.44. The number of rotatable bonds is 3. The molecule has 21 heavy (non-hydrogen) atoms. The Balaban J connectivity index is 1.88. The number of imidazole rings is 1. The van der Waals surface area contributed by atoms with Crippen LogP contribution in [0, 0.1) is 6.92 Å². The Hall–Kier alpha value is -2.11. The normalized spacial score (nSPS) is 18.7. The topological polar surface area (TPSA) is 66.8 Å². The van der Waals surface area contributed by atoms with Crippen LogP contribution < -0.4 is 0 Å². The summed E-state index contributed by atoms with van der Waals surface area (Å²) >= 11 is 0. The van der Waals surface area contributed by atoms with Gasteiger partial charge in [-0.1, -0.05) is 0 Å². The van der Waals surface area contributed by atoms with Crippen LogP contribution in [0.5, 0.6) is 0 Å². The van der Waals surface area contributed by atoms with E-state index in [9.17, 15) is 4.79 Å². The van der Waals surface area contributed by atoms with Gasteiger partial charge in [0.1, 0.15) is 11.5 Å². The van der Waals surface area contributed by atoms with Gasteiger partial charge in [-0.15, -0.1) is 0 Å². The molecule has 1 atom stereocenters. The summed E-state index contributed by atoms with van der Waals surface area (Å²) in [6, 6.07) is 2.01. The van der Waals surface area contributed by atoms with E-state index >= 15 is 0 Å². The van der Waals surface area contributed by atoms with Crippen LogP contribution >= 0.6 is 0 Å². The summed E-state index contributed by atoms with van der Waals surface area (Å²) in [6.07, 6.45) is 5.46. The second-order valence-corrected chi connectivity index (χ2v) is 5.86. The van der Waals surface area contributed by atoms with E-state index in [0.717, 1.165) is 30.9 Å². The quantitative estimate of drug-likeness (QED) is 0.943. The maximum atomic E-state index is 12.8. The van der Waals surface area contributed by atoms with Gasteiger partial charge in [-0.25, -0.2) is 4.98 Å². The van der Waals surface area contributed by atoms with E-state index in [1.165, 1.54) is 0 Å². The minimum absolute atomic E-state index is 0.0396. The lowest BCUT2D eigenvalue weighted by molar-refractivity contribution is 0.0715. The molecule has 2 aromatic heterocycles. The highest BCUT2D eigenvalue weighted by Gasteiger charge is 2.33. The number of carbonyl (C=O) groups excluding carboxylic acids is 1. The Morgan fingerprint density at radius 2 is 2.29 bits per heavy atom. The Bertz CT molecular complexity index is 642. The fourth-order valence-electron chi connectivity index (χ4n) is 2.94. The van der Waals surface area contributed by atoms with Crippen LogP contribution in [0.15, 0.2) is 18.5 Å². The number of nitrogens with zero attached hydrogens (tertiary/aromatic N) is 4. The van der Waals surface area contributed by atoms with Gasteiger partial charge in [0.15, 0.2) is 0 Å². The predicted molar refractivity (Wildman–Crippen MR) is 78.9 cm³/mol. The fraction of sp³-hybridized carbons (Fsp3) is 0.533. The molecule has 6 heteroatoms. The number of carbonyl (C=O) groups is 1. The Morgan fingerprint density at radius 1 is 1.48 bits per heavy atom. The van der Waals surface area contributed by atoms with Crippen LogP contribution in [0.3, 0.4) is 0 Å². The minimum Gasteiger partial charge on any atom is -0.344 e. The van der Waals surface area contributed by atoms with Gasteiger partial charge in [0.05, 0.1) is 6.04 Å². The van der Waals surface area contributed by atoms with Gasteiger partial charge in [0.25, 0.3) is 5.91 Å². The molecule has 1 aliphatic rings. The average Bonchev–Trinajstić information content (AvgIpc) is 3.17. The molecule has 0 saturated carbocycles. The largest absolute Gasteiger partial charge is 0.344 e. The van der Waals surface area contributed by atoms with Crippen molar-refractivity contribution < 1.29 is 4.79 Å². The molecule has 1 aliphatic heterocycles. The first kappa shape index (κ1) is 13.9. The molecule has 0 aliphatic carbocycles. The lowest BCUT2D eigenvalue weighted by Gasteiger charge is -2.24. The van der Waals surface area contributed by atoms with Crippen molar-refractivity contribution in [2.75, 3.05) is 6.54 Å². The molecule has 0 bridgehead atoms. The molecule has 112 valence electrons. The van der Waals surface area contributed by atoms with Crippen LogP contribution in [-0.2, 0) is 0 Å². The van der Waals surface area contributed by atoms with Crippen LogP contribution in [0.4, 0.5) is 0 Å². The van der Waals surface area contributed by atoms with Gasteiger partial charge >= 0.3 is 0 Å². The lowest BCUT2D eigenvalue weighted by atomic mass is 10.2. The Labute approximate surface area is 124 Å². The van der Waals surface area contributed by atoms with E-state index in [1.807, 2.05) is 31.9 Å². The van der Waals surface area contributed by atoms with E-state index < -0.39 is 0 Å². The van der Waals surface area contributed by atoms with Gasteiger partial charge in [-0.05, 0) is 39.7 Å². The number of hydrogen-bond donors (Lipinski definition) is 1. The van der Waals surface area contributed by atoms with Crippen LogP contribution in [0.1, 0.15) is 60.8 Å². The zero-order chi connectivity index (χ0) is 15.0. The molecule has 1 amide bonds. The highest BCUT2D eigenvalue weighted by Crippen LogP contribution is 2.31. The van der Waals surface area contributed by atoms with Gasteiger partial charge in [-0.3, -0.25) is 9.48 Å². The van der Waals surface area contributed by atoms with Crippen molar-refractivity contribution in [3.05, 3.63) is 35.7 Å². The first-order valence-corrected chi connectivity index (χ1v) is 7.44. The highest BCUT2D eigenvalue weighted by atomic mass is 16.2. The molecule has 0 aromatic carbocycles. The van der Waals surface area contributed by atoms with Crippen LogP contribution in [-0.4, -0.2) is 37.1 Å². The van der Waals surface area contributed by atoms with Gasteiger partial charge < -0.3 is 9.88 Å². The highest BCUT2D eigenvalue weighted by molar-refractivity contribution is 5.93. The second kappa shape index (κ2) is 5.35. The third kappa shape index (κ3) is 2.46. The summed E-state index contributed by atoms with van der Waals surface area (Å²) in [7, 11) is 0. The van der Waals surface area contributed by atoms with Crippen molar-refractivity contribution in [1.82, 2.24) is 24.6 Å². The molecule has 1 fully saturated rings. The first-order chi connectivity index (χ1) is 10.1. The monoisotopic (exact) mass is 287 g/mol. The SMILES string of the molecule is Cc1cnc([C@@H]2CCCN2C(=O)c2ccnn2C(C)C)[nH]1. The molecule has 0 radical (unpaired) electrons. The van der Waals surface area contributed by atoms with Crippen molar-refractivity contribution in [1.29, 1.82) is 0 Å². The fourth-order valence-corrected chi connectivity index (χ4v) is 2.94. The summed E-state index contributed by atoms with van der Waals surface area (Å²) in [6.45, 7) is 6.81. The van der Waals surface area contributed by atoms with E-state index in [1.54, 1.807) is 16.9 Å². The maximum Gasteiger partial charge on any atom is 0.272 e. The number of aromatic amines is 1. The van der Waals surface area contributed by atoms with E-state index in [-0.39, 0.29) is 18.0 Å². The van der Waals surface area contributed by atoms with E-state index in [4.69, 9.17) is 0 Å². The maximum absolute atomic E-state index is 12.8. The third-order valence-corrected chi connectivity index (χ3v) is 3.93. The number of H-pyrrole nitrogens is 1. The minimum atomic E-state index is 0.0396. The zero-order valence-electron chi connectivity index (χ0n) is 12.7. The van der Waals surface area contributed by atoms with Crippen molar-refractivity contribution in [3.63, 3.8) is 0 Å². The van der Waals surface area contributed by atoms with Gasteiger partial charge in [0, 0.05) is 30.7 Å². The molecule has 0 spiro atoms. The molecule has 1 N–H and O–H groups in total. The van der Waals surface area contributed by atoms with Gasteiger partial charge in [0.2, 0.25) is 0 Å². The summed E-state index contributed by atoms with van der Waals surface area (Å²) in [4.78, 5) is 22.4. The Morgan fingerprint density at radius 3 is 2.95 bits per heavy atom. The summed E-state index contributed by atoms with van der Waals surface area (Å²) in [5.74, 6) is 0.923. The predicted octanol–water partition coefficient (Wildman–Crippen LogP) is 2.47. The van der Waals surface area contributed by atoms with Crippen molar-refractivity contribution in [2.24, 2.45) is 0 Å². The summed E-state index contributed by atoms with van der Waals surface area (Å²) in [5.41, 5.74) is 1.68. The van der Waals surface area contributed by atoms with E-state index in [2.05, 4.69) is 15.1 Å². The third-order valence-electron chi connectivity index (χ3n) is 3.93. The van der Waals surface area contributed by atoms with Crippen molar-refractivity contribution >= 4 is 5.91 Å². The standard InChI is InChI=1S/C15H21N5O/c1-10(2)20-13(6-7-17-20)15(21)19-8-4-5-12(19)14-16-9-11(3)18-14/h6-7,9-10,12H,4-5,8H2,1-3H3,(H,16,18)/t12-/m0/s1. The molecular weight excluding hydrogens is 266 g/mol. The second-order valence-electron chi connectivity index (χ2n) is 5.86. The molecule has 0 unspecified atom stereocenters. The molecule has 3 heterocycles. The average molecular weight is 287 g/mol. The van der Waals surface area contributed by atoms with Gasteiger partial charge in [-0.2, -0.15) is 5.10 Å². The number of aromatic nitrogens is 4. The zero-order valence-corrected chi connectivity index (χ0v) is 12.7. The molecule has 1 saturated heterocycles. The molecule has 3 rings (SSSR count). The molecule has 6 nitrogen and oxygen atoms in total. The number of likely N-dealkylation sites (tertiary alicyclic amines) is 1. The van der Waals surface area contributed by atoms with E-state index in [0.29, 0.717) is 5.69 Å². The smallest absolute Gasteiger partial charge is 0.272 e. The molecule has 2 aromatic rings. The number of amides is 1. The lowest BCUT2D eigenvalue weighted by Crippen LogP contribution is -2.33. The van der Waals surface area contributed by atoms with Crippen molar-refractivity contribution in [2.45, 2.75) is 45.7 Å². The summed E-state index contributed by atoms with van der Waals surface area (Å²) in [5, 5.41) is 4.26. The van der Waals surface area contributed by atoms with Crippen LogP contribution in [0.2, 0.25) is 0 Å². The van der Waals surface area contributed by atoms with Crippen molar-refractivity contribution in [3.8, 4) is 0 Å². The molecular formula is C15H21N5O.